The number of H-pyrrole nitrogens is 1. The van der Waals surface area contributed by atoms with E-state index in [0.717, 1.165) is 29.6 Å². The third kappa shape index (κ3) is 2.44. The van der Waals surface area contributed by atoms with E-state index in [0.29, 0.717) is 0 Å². The predicted octanol–water partition coefficient (Wildman–Crippen LogP) is 2.95. The van der Waals surface area contributed by atoms with Crippen molar-refractivity contribution in [3.8, 4) is 10.7 Å². The van der Waals surface area contributed by atoms with Gasteiger partial charge in [-0.15, -0.1) is 11.3 Å². The molecule has 0 spiro atoms. The Morgan fingerprint density at radius 3 is 3.11 bits per heavy atom. The van der Waals surface area contributed by atoms with Gasteiger partial charge in [0, 0.05) is 12.0 Å². The molecule has 4 nitrogen and oxygen atoms in total. The molecule has 0 saturated carbocycles. The smallest absolute Gasteiger partial charge is 0.191 e. The minimum Gasteiger partial charge on any atom is -0.316 e. The number of rotatable bonds is 4. The molecule has 1 aliphatic rings. The van der Waals surface area contributed by atoms with Gasteiger partial charge in [0.1, 0.15) is 5.82 Å². The fourth-order valence-electron chi connectivity index (χ4n) is 3.00. The van der Waals surface area contributed by atoms with Crippen LogP contribution in [0.15, 0.2) is 17.5 Å². The minimum absolute atomic E-state index is 0.148. The molecule has 3 heterocycles. The Balaban J connectivity index is 1.90. The quantitative estimate of drug-likeness (QED) is 0.902. The van der Waals surface area contributed by atoms with Gasteiger partial charge in [-0.2, -0.15) is 5.10 Å². The van der Waals surface area contributed by atoms with Gasteiger partial charge in [-0.3, -0.25) is 5.10 Å². The predicted molar refractivity (Wildman–Crippen MR) is 78.4 cm³/mol. The zero-order valence-corrected chi connectivity index (χ0v) is 12.1. The van der Waals surface area contributed by atoms with Crippen molar-refractivity contribution in [2.45, 2.75) is 38.0 Å². The Kier molecular flexibility index (Phi) is 3.66. The van der Waals surface area contributed by atoms with Crippen molar-refractivity contribution in [2.75, 3.05) is 13.1 Å². The summed E-state index contributed by atoms with van der Waals surface area (Å²) in [5.74, 6) is 1.90. The summed E-state index contributed by atoms with van der Waals surface area (Å²) in [5.41, 5.74) is 0.148. The average molecular weight is 276 g/mol. The van der Waals surface area contributed by atoms with Crippen molar-refractivity contribution in [3.63, 3.8) is 0 Å². The first-order valence-electron chi connectivity index (χ1n) is 7.01. The number of nitrogens with zero attached hydrogens (tertiary/aromatic N) is 2. The fourth-order valence-corrected chi connectivity index (χ4v) is 3.65. The highest BCUT2D eigenvalue weighted by molar-refractivity contribution is 7.13. The molecule has 3 rings (SSSR count). The van der Waals surface area contributed by atoms with Crippen molar-refractivity contribution in [1.82, 2.24) is 20.5 Å². The van der Waals surface area contributed by atoms with E-state index in [9.17, 15) is 0 Å². The second-order valence-corrected chi connectivity index (χ2v) is 6.24. The summed E-state index contributed by atoms with van der Waals surface area (Å²) in [4.78, 5) is 5.91. The van der Waals surface area contributed by atoms with Crippen LogP contribution in [0.4, 0.5) is 0 Å². The molecule has 0 bridgehead atoms. The molecule has 0 amide bonds. The third-order valence-corrected chi connectivity index (χ3v) is 4.80. The first kappa shape index (κ1) is 12.8. The molecule has 1 fully saturated rings. The number of aromatic nitrogens is 3. The molecule has 2 aromatic heterocycles. The van der Waals surface area contributed by atoms with Gasteiger partial charge in [-0.05, 0) is 37.3 Å². The highest BCUT2D eigenvalue weighted by atomic mass is 32.1. The van der Waals surface area contributed by atoms with Gasteiger partial charge in [0.25, 0.3) is 0 Å². The lowest BCUT2D eigenvalue weighted by molar-refractivity contribution is 0.276. The van der Waals surface area contributed by atoms with Crippen LogP contribution >= 0.6 is 11.3 Å². The van der Waals surface area contributed by atoms with Gasteiger partial charge in [0.2, 0.25) is 0 Å². The van der Waals surface area contributed by atoms with Crippen LogP contribution in [-0.2, 0) is 5.41 Å². The van der Waals surface area contributed by atoms with E-state index in [4.69, 9.17) is 4.98 Å². The zero-order valence-electron chi connectivity index (χ0n) is 11.3. The van der Waals surface area contributed by atoms with Crippen LogP contribution in [0.25, 0.3) is 10.7 Å². The molecule has 2 aromatic rings. The minimum atomic E-state index is 0.148. The van der Waals surface area contributed by atoms with Crippen molar-refractivity contribution in [1.29, 1.82) is 0 Å². The number of thiophene rings is 1. The van der Waals surface area contributed by atoms with Crippen molar-refractivity contribution in [2.24, 2.45) is 0 Å². The molecule has 0 aromatic carbocycles. The highest BCUT2D eigenvalue weighted by Gasteiger charge is 2.36. The standard InChI is InChI=1S/C14H20N4S/c1-2-6-14(7-4-8-15-10-14)13-16-12(17-18-13)11-5-3-9-19-11/h3,5,9,15H,2,4,6-8,10H2,1H3,(H,16,17,18). The summed E-state index contributed by atoms with van der Waals surface area (Å²) in [6, 6.07) is 4.11. The van der Waals surface area contributed by atoms with Crippen molar-refractivity contribution < 1.29 is 0 Å². The first-order chi connectivity index (χ1) is 9.34. The summed E-state index contributed by atoms with van der Waals surface area (Å²) < 4.78 is 0. The molecule has 1 aliphatic heterocycles. The molecule has 1 unspecified atom stereocenters. The molecule has 19 heavy (non-hydrogen) atoms. The monoisotopic (exact) mass is 276 g/mol. The molecule has 102 valence electrons. The summed E-state index contributed by atoms with van der Waals surface area (Å²) in [7, 11) is 0. The Bertz CT molecular complexity index is 506. The van der Waals surface area contributed by atoms with Gasteiger partial charge in [-0.25, -0.2) is 4.98 Å². The lowest BCUT2D eigenvalue weighted by Crippen LogP contribution is -2.44. The first-order valence-corrected chi connectivity index (χ1v) is 7.89. The number of nitrogens with one attached hydrogen (secondary N) is 2. The lowest BCUT2D eigenvalue weighted by Gasteiger charge is -2.35. The number of piperidine rings is 1. The van der Waals surface area contributed by atoms with Gasteiger partial charge in [-0.1, -0.05) is 19.4 Å². The molecule has 5 heteroatoms. The second kappa shape index (κ2) is 5.43. The van der Waals surface area contributed by atoms with Crippen LogP contribution in [0.3, 0.4) is 0 Å². The van der Waals surface area contributed by atoms with Crippen molar-refractivity contribution >= 4 is 11.3 Å². The number of hydrogen-bond acceptors (Lipinski definition) is 4. The molecule has 0 aliphatic carbocycles. The molecule has 1 saturated heterocycles. The normalized spacial score (nSPS) is 23.6. The Morgan fingerprint density at radius 2 is 2.42 bits per heavy atom. The molecular formula is C14H20N4S. The maximum Gasteiger partial charge on any atom is 0.191 e. The van der Waals surface area contributed by atoms with Crippen LogP contribution in [0.5, 0.6) is 0 Å². The molecule has 2 N–H and O–H groups in total. The van der Waals surface area contributed by atoms with E-state index >= 15 is 0 Å². The fraction of sp³-hybridized carbons (Fsp3) is 0.571. The van der Waals surface area contributed by atoms with Gasteiger partial charge < -0.3 is 5.32 Å². The SMILES string of the molecule is CCCC1(c2nc(-c3cccs3)n[nH]2)CCCNC1. The maximum absolute atomic E-state index is 4.77. The summed E-state index contributed by atoms with van der Waals surface area (Å²) in [6.07, 6.45) is 4.76. The average Bonchev–Trinajstić information content (AvgIpc) is 3.11. The summed E-state index contributed by atoms with van der Waals surface area (Å²) in [5, 5.41) is 13.2. The van der Waals surface area contributed by atoms with E-state index in [2.05, 4.69) is 33.9 Å². The molecule has 0 radical (unpaired) electrons. The second-order valence-electron chi connectivity index (χ2n) is 5.30. The van der Waals surface area contributed by atoms with Crippen LogP contribution in [0, 0.1) is 0 Å². The van der Waals surface area contributed by atoms with Gasteiger partial charge in [0.15, 0.2) is 5.82 Å². The van der Waals surface area contributed by atoms with E-state index in [1.807, 2.05) is 6.07 Å². The van der Waals surface area contributed by atoms with Crippen LogP contribution in [0.2, 0.25) is 0 Å². The zero-order chi connectivity index (χ0) is 13.1. The topological polar surface area (TPSA) is 53.6 Å². The third-order valence-electron chi connectivity index (χ3n) is 3.93. The lowest BCUT2D eigenvalue weighted by atomic mass is 9.76. The van der Waals surface area contributed by atoms with E-state index in [-0.39, 0.29) is 5.41 Å². The Morgan fingerprint density at radius 1 is 1.47 bits per heavy atom. The largest absolute Gasteiger partial charge is 0.316 e. The van der Waals surface area contributed by atoms with Crippen LogP contribution < -0.4 is 5.32 Å². The summed E-state index contributed by atoms with van der Waals surface area (Å²) in [6.45, 7) is 4.38. The molecule has 1 atom stereocenters. The van der Waals surface area contributed by atoms with E-state index in [1.165, 1.54) is 25.7 Å². The number of hydrogen-bond donors (Lipinski definition) is 2. The Labute approximate surface area is 117 Å². The van der Waals surface area contributed by atoms with Crippen LogP contribution in [-0.4, -0.2) is 28.3 Å². The van der Waals surface area contributed by atoms with Crippen LogP contribution in [0.1, 0.15) is 38.4 Å². The highest BCUT2D eigenvalue weighted by Crippen LogP contribution is 2.34. The Hall–Kier alpha value is -1.20. The van der Waals surface area contributed by atoms with Gasteiger partial charge >= 0.3 is 0 Å². The summed E-state index contributed by atoms with van der Waals surface area (Å²) >= 11 is 1.69. The van der Waals surface area contributed by atoms with E-state index in [1.54, 1.807) is 11.3 Å². The molecular weight excluding hydrogens is 256 g/mol. The van der Waals surface area contributed by atoms with Gasteiger partial charge in [0.05, 0.1) is 4.88 Å². The van der Waals surface area contributed by atoms with Crippen molar-refractivity contribution in [3.05, 3.63) is 23.3 Å². The van der Waals surface area contributed by atoms with E-state index < -0.39 is 0 Å². The maximum atomic E-state index is 4.77. The number of aromatic amines is 1.